The van der Waals surface area contributed by atoms with Crippen molar-refractivity contribution in [2.24, 2.45) is 5.92 Å². The van der Waals surface area contributed by atoms with Gasteiger partial charge in [0, 0.05) is 25.3 Å². The van der Waals surface area contributed by atoms with Crippen LogP contribution in [0.1, 0.15) is 43.1 Å². The number of nitriles is 1. The van der Waals surface area contributed by atoms with E-state index in [1.165, 1.54) is 0 Å². The Labute approximate surface area is 127 Å². The van der Waals surface area contributed by atoms with Crippen molar-refractivity contribution in [2.75, 3.05) is 25.0 Å². The number of carbonyl (C=O) groups is 1. The van der Waals surface area contributed by atoms with E-state index in [1.54, 1.807) is 4.90 Å². The molecule has 0 aliphatic rings. The number of carbonyl (C=O) groups excluding carboxylic acids is 1. The maximum absolute atomic E-state index is 12.8. The summed E-state index contributed by atoms with van der Waals surface area (Å²) in [6.07, 6.45) is 0.362. The number of nitrogens with one attached hydrogen (secondary N) is 1. The van der Waals surface area contributed by atoms with Crippen molar-refractivity contribution in [3.05, 3.63) is 29.3 Å². The Morgan fingerprint density at radius 2 is 2.14 bits per heavy atom. The number of aryl methyl sites for hydroxylation is 1. The zero-order chi connectivity index (χ0) is 15.8. The fourth-order valence-electron chi connectivity index (χ4n) is 2.25. The molecular formula is C17H25N3O. The van der Waals surface area contributed by atoms with E-state index in [4.69, 9.17) is 5.26 Å². The van der Waals surface area contributed by atoms with E-state index < -0.39 is 0 Å². The van der Waals surface area contributed by atoms with E-state index in [2.05, 4.69) is 25.2 Å². The van der Waals surface area contributed by atoms with Crippen LogP contribution in [0, 0.1) is 24.2 Å². The number of nitrogens with zero attached hydrogens (tertiary/aromatic N) is 2. The van der Waals surface area contributed by atoms with Crippen LogP contribution in [0.5, 0.6) is 0 Å². The monoisotopic (exact) mass is 287 g/mol. The van der Waals surface area contributed by atoms with Crippen LogP contribution in [0.3, 0.4) is 0 Å². The van der Waals surface area contributed by atoms with Gasteiger partial charge in [0.1, 0.15) is 0 Å². The summed E-state index contributed by atoms with van der Waals surface area (Å²) < 4.78 is 0. The van der Waals surface area contributed by atoms with Gasteiger partial charge in [-0.2, -0.15) is 5.26 Å². The first kappa shape index (κ1) is 17.0. The molecule has 0 bridgehead atoms. The molecule has 0 aliphatic heterocycles. The largest absolute Gasteiger partial charge is 0.385 e. The maximum Gasteiger partial charge on any atom is 0.256 e. The first-order chi connectivity index (χ1) is 9.99. The van der Waals surface area contributed by atoms with Gasteiger partial charge in [-0.3, -0.25) is 4.79 Å². The predicted octanol–water partition coefficient (Wildman–Crippen LogP) is 3.44. The minimum absolute atomic E-state index is 0.00130. The lowest BCUT2D eigenvalue weighted by atomic mass is 10.1. The van der Waals surface area contributed by atoms with Gasteiger partial charge in [-0.1, -0.05) is 25.5 Å². The highest BCUT2D eigenvalue weighted by atomic mass is 16.2. The molecule has 4 nitrogen and oxygen atoms in total. The highest BCUT2D eigenvalue weighted by Gasteiger charge is 2.19. The highest BCUT2D eigenvalue weighted by molar-refractivity contribution is 5.99. The Balaban J connectivity index is 3.06. The minimum atomic E-state index is -0.00130. The van der Waals surface area contributed by atoms with Gasteiger partial charge < -0.3 is 10.2 Å². The van der Waals surface area contributed by atoms with Crippen molar-refractivity contribution in [1.82, 2.24) is 4.90 Å². The smallest absolute Gasteiger partial charge is 0.256 e. The molecule has 114 valence electrons. The van der Waals surface area contributed by atoms with Crippen molar-refractivity contribution in [3.8, 4) is 6.07 Å². The summed E-state index contributed by atoms with van der Waals surface area (Å²) in [5, 5.41) is 12.0. The average molecular weight is 287 g/mol. The molecule has 0 heterocycles. The molecule has 1 rings (SSSR count). The van der Waals surface area contributed by atoms with E-state index in [0.29, 0.717) is 31.0 Å². The van der Waals surface area contributed by atoms with Gasteiger partial charge in [0.05, 0.1) is 18.1 Å². The number of amides is 1. The Hall–Kier alpha value is -2.02. The lowest BCUT2D eigenvalue weighted by Gasteiger charge is -2.25. The van der Waals surface area contributed by atoms with Crippen molar-refractivity contribution in [1.29, 1.82) is 5.26 Å². The molecule has 0 spiro atoms. The third kappa shape index (κ3) is 5.11. The third-order valence-electron chi connectivity index (χ3n) is 3.14. The van der Waals surface area contributed by atoms with Gasteiger partial charge in [0.25, 0.3) is 5.91 Å². The molecule has 0 radical (unpaired) electrons. The third-order valence-corrected chi connectivity index (χ3v) is 3.14. The van der Waals surface area contributed by atoms with Gasteiger partial charge in [-0.15, -0.1) is 0 Å². The molecule has 1 amide bonds. The van der Waals surface area contributed by atoms with Gasteiger partial charge in [-0.05, 0) is 31.9 Å². The van der Waals surface area contributed by atoms with E-state index in [0.717, 1.165) is 17.8 Å². The fourth-order valence-corrected chi connectivity index (χ4v) is 2.25. The highest BCUT2D eigenvalue weighted by Crippen LogP contribution is 2.20. The SMILES string of the molecule is CCNc1ccc(C)cc1C(=O)N(CCC#N)CC(C)C. The second-order valence-corrected chi connectivity index (χ2v) is 5.63. The standard InChI is InChI=1S/C17H25N3O/c1-5-19-16-8-7-14(4)11-15(16)17(21)20(10-6-9-18)12-13(2)3/h7-8,11,13,19H,5-6,10,12H2,1-4H3. The van der Waals surface area contributed by atoms with Crippen LogP contribution in [-0.4, -0.2) is 30.4 Å². The van der Waals surface area contributed by atoms with Crippen LogP contribution in [0.25, 0.3) is 0 Å². The Morgan fingerprint density at radius 1 is 1.43 bits per heavy atom. The fraction of sp³-hybridized carbons (Fsp3) is 0.529. The maximum atomic E-state index is 12.8. The van der Waals surface area contributed by atoms with Crippen molar-refractivity contribution in [2.45, 2.75) is 34.1 Å². The second-order valence-electron chi connectivity index (χ2n) is 5.63. The predicted molar refractivity (Wildman–Crippen MR) is 86.3 cm³/mol. The van der Waals surface area contributed by atoms with Crippen LogP contribution in [-0.2, 0) is 0 Å². The van der Waals surface area contributed by atoms with E-state index in [-0.39, 0.29) is 5.91 Å². The van der Waals surface area contributed by atoms with Crippen molar-refractivity contribution < 1.29 is 4.79 Å². The number of hydrogen-bond donors (Lipinski definition) is 1. The topological polar surface area (TPSA) is 56.1 Å². The Kier molecular flexibility index (Phi) is 6.74. The number of hydrogen-bond acceptors (Lipinski definition) is 3. The molecule has 0 atom stereocenters. The van der Waals surface area contributed by atoms with E-state index in [9.17, 15) is 4.79 Å². The normalized spacial score (nSPS) is 10.3. The second kappa shape index (κ2) is 8.31. The van der Waals surface area contributed by atoms with Crippen LogP contribution in [0.4, 0.5) is 5.69 Å². The Morgan fingerprint density at radius 3 is 2.71 bits per heavy atom. The van der Waals surface area contributed by atoms with E-state index in [1.807, 2.05) is 32.0 Å². The average Bonchev–Trinajstić information content (AvgIpc) is 2.44. The molecule has 4 heteroatoms. The molecule has 0 aromatic heterocycles. The zero-order valence-corrected chi connectivity index (χ0v) is 13.4. The van der Waals surface area contributed by atoms with Crippen LogP contribution >= 0.6 is 0 Å². The summed E-state index contributed by atoms with van der Waals surface area (Å²) in [6.45, 7) is 10.1. The van der Waals surface area contributed by atoms with Gasteiger partial charge in [0.2, 0.25) is 0 Å². The van der Waals surface area contributed by atoms with E-state index >= 15 is 0 Å². The summed E-state index contributed by atoms with van der Waals surface area (Å²) in [5.41, 5.74) is 2.61. The van der Waals surface area contributed by atoms with Crippen LogP contribution in [0.15, 0.2) is 18.2 Å². The summed E-state index contributed by atoms with van der Waals surface area (Å²) in [7, 11) is 0. The molecule has 0 saturated carbocycles. The first-order valence-electron chi connectivity index (χ1n) is 7.50. The lowest BCUT2D eigenvalue weighted by Crippen LogP contribution is -2.35. The van der Waals surface area contributed by atoms with Crippen LogP contribution in [0.2, 0.25) is 0 Å². The summed E-state index contributed by atoms with van der Waals surface area (Å²) >= 11 is 0. The summed E-state index contributed by atoms with van der Waals surface area (Å²) in [6, 6.07) is 7.98. The Bertz CT molecular complexity index is 517. The van der Waals surface area contributed by atoms with Crippen LogP contribution < -0.4 is 5.32 Å². The molecule has 0 aliphatic carbocycles. The van der Waals surface area contributed by atoms with Gasteiger partial charge in [0.15, 0.2) is 0 Å². The molecular weight excluding hydrogens is 262 g/mol. The number of anilines is 1. The van der Waals surface area contributed by atoms with Gasteiger partial charge in [-0.25, -0.2) is 0 Å². The lowest BCUT2D eigenvalue weighted by molar-refractivity contribution is 0.0741. The number of rotatable bonds is 7. The quantitative estimate of drug-likeness (QED) is 0.835. The van der Waals surface area contributed by atoms with Gasteiger partial charge >= 0.3 is 0 Å². The summed E-state index contributed by atoms with van der Waals surface area (Å²) in [5.74, 6) is 0.374. The first-order valence-corrected chi connectivity index (χ1v) is 7.50. The summed E-state index contributed by atoms with van der Waals surface area (Å²) in [4.78, 5) is 14.6. The number of benzene rings is 1. The molecule has 0 saturated heterocycles. The molecule has 1 aromatic carbocycles. The molecule has 1 aromatic rings. The van der Waals surface area contributed by atoms with Crippen molar-refractivity contribution in [3.63, 3.8) is 0 Å². The molecule has 21 heavy (non-hydrogen) atoms. The molecule has 0 unspecified atom stereocenters. The van der Waals surface area contributed by atoms with Crippen molar-refractivity contribution >= 4 is 11.6 Å². The zero-order valence-electron chi connectivity index (χ0n) is 13.4. The minimum Gasteiger partial charge on any atom is -0.385 e. The molecule has 0 fully saturated rings. The molecule has 1 N–H and O–H groups in total.